The molecule has 2 aliphatic heterocycles. The van der Waals surface area contributed by atoms with Crippen LogP contribution in [0.3, 0.4) is 0 Å². The van der Waals surface area contributed by atoms with Gasteiger partial charge in [0.05, 0.1) is 40.4 Å². The van der Waals surface area contributed by atoms with E-state index in [9.17, 15) is 0 Å². The van der Waals surface area contributed by atoms with E-state index in [2.05, 4.69) is 64.1 Å². The molecular weight excluding hydrogens is 432 g/mol. The Bertz CT molecular complexity index is 793. The summed E-state index contributed by atoms with van der Waals surface area (Å²) < 4.78 is 5.56. The van der Waals surface area contributed by atoms with E-state index < -0.39 is 0 Å². The molecule has 0 spiro atoms. The van der Waals surface area contributed by atoms with Crippen LogP contribution in [0.4, 0.5) is 0 Å². The van der Waals surface area contributed by atoms with Crippen LogP contribution in [-0.4, -0.2) is 52.8 Å². The molecule has 2 rings (SSSR count). The molecule has 0 aromatic heterocycles. The molecule has 2 heterocycles. The summed E-state index contributed by atoms with van der Waals surface area (Å²) in [4.78, 5) is 3.31. The van der Waals surface area contributed by atoms with E-state index in [-0.39, 0.29) is 10.9 Å². The lowest BCUT2D eigenvalue weighted by Gasteiger charge is -2.42. The van der Waals surface area contributed by atoms with Crippen molar-refractivity contribution in [1.82, 2.24) is 9.91 Å². The highest BCUT2D eigenvalue weighted by molar-refractivity contribution is 8.04. The van der Waals surface area contributed by atoms with Gasteiger partial charge in [0.15, 0.2) is 0 Å². The summed E-state index contributed by atoms with van der Waals surface area (Å²) in [6.45, 7) is 24.1. The van der Waals surface area contributed by atoms with Crippen LogP contribution in [0.25, 0.3) is 0 Å². The van der Waals surface area contributed by atoms with Gasteiger partial charge in [0.2, 0.25) is 0 Å². The quantitative estimate of drug-likeness (QED) is 0.487. The molecule has 8 heteroatoms. The van der Waals surface area contributed by atoms with E-state index in [1.807, 2.05) is 13.8 Å². The number of allylic oxidation sites excluding steroid dienone is 3. The van der Waals surface area contributed by atoms with Gasteiger partial charge in [-0.2, -0.15) is 5.10 Å². The van der Waals surface area contributed by atoms with Crippen molar-refractivity contribution in [3.05, 3.63) is 33.6 Å². The number of rotatable bonds is 8. The van der Waals surface area contributed by atoms with Crippen molar-refractivity contribution in [2.45, 2.75) is 79.1 Å². The van der Waals surface area contributed by atoms with Crippen molar-refractivity contribution in [2.24, 2.45) is 22.5 Å². The fourth-order valence-corrected chi connectivity index (χ4v) is 5.77. The monoisotopic (exact) mass is 476 g/mol. The minimum Gasteiger partial charge on any atom is -0.401 e. The molecule has 0 bridgehead atoms. The second-order valence-electron chi connectivity index (χ2n) is 9.11. The van der Waals surface area contributed by atoms with Crippen molar-refractivity contribution in [2.75, 3.05) is 26.3 Å². The van der Waals surface area contributed by atoms with E-state index in [1.165, 1.54) is 5.57 Å². The summed E-state index contributed by atoms with van der Waals surface area (Å²) in [5.74, 6) is 0.533. The van der Waals surface area contributed by atoms with Gasteiger partial charge < -0.3 is 16.2 Å². The molecule has 0 saturated carbocycles. The third kappa shape index (κ3) is 7.26. The fraction of sp³-hybridized carbons (Fsp3) is 0.680. The molecule has 1 saturated heterocycles. The van der Waals surface area contributed by atoms with E-state index >= 15 is 0 Å². The maximum Gasteiger partial charge on any atom is 0.0938 e. The molecule has 1 unspecified atom stereocenters. The molecule has 33 heavy (non-hydrogen) atoms. The Morgan fingerprint density at radius 3 is 2.21 bits per heavy atom. The third-order valence-corrected chi connectivity index (χ3v) is 7.72. The largest absolute Gasteiger partial charge is 0.401 e. The van der Waals surface area contributed by atoms with Gasteiger partial charge in [-0.15, -0.1) is 0 Å². The molecule has 186 valence electrons. The smallest absolute Gasteiger partial charge is 0.0938 e. The SMILES string of the molecule is C#N.CCC(CC)C1=CC(C)=NN(C(=C(/C)N)/C(SC(C)(C)N2CCOCC2)=C(\C)N)C1C. The second-order valence-corrected chi connectivity index (χ2v) is 10.7. The van der Waals surface area contributed by atoms with Gasteiger partial charge >= 0.3 is 0 Å². The number of hydrazone groups is 1. The average molecular weight is 477 g/mol. The molecule has 7 nitrogen and oxygen atoms in total. The zero-order chi connectivity index (χ0) is 25.3. The molecular formula is C25H44N6OS. The third-order valence-electron chi connectivity index (χ3n) is 6.25. The van der Waals surface area contributed by atoms with Crippen LogP contribution >= 0.6 is 11.8 Å². The molecule has 1 atom stereocenters. The summed E-state index contributed by atoms with van der Waals surface area (Å²) in [7, 11) is 0. The standard InChI is InChI=1S/C24H43N5OS.CHN/c1-9-20(10-2)21-15-16(3)27-29(19(21)6)22(17(4)25)23(18(5)26)31-24(7,8)28-11-13-30-14-12-28;1-2/h15,19-20H,9-14,25-26H2,1-8H3;1H/b22-17-,23-18-;. The van der Waals surface area contributed by atoms with E-state index in [1.54, 1.807) is 11.8 Å². The minimum atomic E-state index is -0.147. The first-order chi connectivity index (χ1) is 15.5. The van der Waals surface area contributed by atoms with Crippen LogP contribution < -0.4 is 11.5 Å². The number of hydrogen-bond acceptors (Lipinski definition) is 8. The number of ether oxygens (including phenoxy) is 1. The van der Waals surface area contributed by atoms with Gasteiger partial charge in [-0.1, -0.05) is 25.6 Å². The van der Waals surface area contributed by atoms with Crippen molar-refractivity contribution in [3.8, 4) is 6.57 Å². The van der Waals surface area contributed by atoms with Gasteiger partial charge in [0, 0.05) is 31.1 Å². The van der Waals surface area contributed by atoms with Gasteiger partial charge in [-0.3, -0.25) is 9.91 Å². The lowest BCUT2D eigenvalue weighted by atomic mass is 9.87. The Morgan fingerprint density at radius 1 is 1.21 bits per heavy atom. The van der Waals surface area contributed by atoms with Crippen LogP contribution in [0.1, 0.15) is 68.2 Å². The molecule has 0 radical (unpaired) electrons. The number of hydrogen-bond donors (Lipinski definition) is 2. The van der Waals surface area contributed by atoms with Crippen LogP contribution in [-0.2, 0) is 4.74 Å². The Kier molecular flexibility index (Phi) is 11.5. The second kappa shape index (κ2) is 13.1. The first-order valence-electron chi connectivity index (χ1n) is 11.8. The molecule has 0 aliphatic carbocycles. The van der Waals surface area contributed by atoms with Crippen molar-refractivity contribution < 1.29 is 4.74 Å². The van der Waals surface area contributed by atoms with Gasteiger partial charge in [0.25, 0.3) is 0 Å². The summed E-state index contributed by atoms with van der Waals surface area (Å²) in [5.41, 5.74) is 17.8. The molecule has 4 N–H and O–H groups in total. The number of thioether (sulfide) groups is 1. The Morgan fingerprint density at radius 2 is 1.76 bits per heavy atom. The van der Waals surface area contributed by atoms with Crippen LogP contribution in [0, 0.1) is 17.8 Å². The maximum absolute atomic E-state index is 6.51. The first kappa shape index (κ1) is 29.1. The summed E-state index contributed by atoms with van der Waals surface area (Å²) in [6.07, 6.45) is 4.49. The highest BCUT2D eigenvalue weighted by Crippen LogP contribution is 2.43. The minimum absolute atomic E-state index is 0.128. The molecule has 0 aromatic rings. The topological polar surface area (TPSA) is 104 Å². The zero-order valence-electron chi connectivity index (χ0n) is 21.8. The van der Waals surface area contributed by atoms with Crippen LogP contribution in [0.5, 0.6) is 0 Å². The van der Waals surface area contributed by atoms with Crippen molar-refractivity contribution >= 4 is 17.5 Å². The lowest BCUT2D eigenvalue weighted by molar-refractivity contribution is 0.0160. The first-order valence-corrected chi connectivity index (χ1v) is 12.6. The van der Waals surface area contributed by atoms with E-state index in [0.717, 1.165) is 66.9 Å². The number of nitriles is 1. The van der Waals surface area contributed by atoms with E-state index in [0.29, 0.717) is 5.92 Å². The highest BCUT2D eigenvalue weighted by atomic mass is 32.2. The van der Waals surface area contributed by atoms with Gasteiger partial charge in [0.1, 0.15) is 0 Å². The predicted octanol–water partition coefficient (Wildman–Crippen LogP) is 4.75. The average Bonchev–Trinajstić information content (AvgIpc) is 2.78. The highest BCUT2D eigenvalue weighted by Gasteiger charge is 2.35. The molecule has 2 aliphatic rings. The van der Waals surface area contributed by atoms with E-state index in [4.69, 9.17) is 26.6 Å². The molecule has 0 aromatic carbocycles. The fourth-order valence-electron chi connectivity index (χ4n) is 4.45. The summed E-state index contributed by atoms with van der Waals surface area (Å²) in [5, 5.41) is 13.5. The normalized spacial score (nSPS) is 21.4. The Hall–Kier alpha value is -1.95. The van der Waals surface area contributed by atoms with Crippen LogP contribution in [0.2, 0.25) is 0 Å². The summed E-state index contributed by atoms with van der Waals surface area (Å²) in [6, 6.07) is 0.128. The Balaban J connectivity index is 0.00000265. The number of nitrogens with two attached hydrogens (primary N) is 2. The zero-order valence-corrected chi connectivity index (χ0v) is 22.6. The maximum atomic E-state index is 6.51. The lowest BCUT2D eigenvalue weighted by Crippen LogP contribution is -2.48. The number of morpholine rings is 1. The molecule has 1 fully saturated rings. The van der Waals surface area contributed by atoms with Gasteiger partial charge in [-0.05, 0) is 72.0 Å². The van der Waals surface area contributed by atoms with Crippen LogP contribution in [0.15, 0.2) is 38.7 Å². The van der Waals surface area contributed by atoms with Gasteiger partial charge in [-0.25, -0.2) is 5.26 Å². The van der Waals surface area contributed by atoms with Crippen molar-refractivity contribution in [1.29, 1.82) is 5.26 Å². The van der Waals surface area contributed by atoms with Crippen molar-refractivity contribution in [3.63, 3.8) is 0 Å². The predicted molar refractivity (Wildman–Crippen MR) is 141 cm³/mol. The number of nitrogens with zero attached hydrogens (tertiary/aromatic N) is 4. The Labute approximate surface area is 205 Å². The summed E-state index contributed by atoms with van der Waals surface area (Å²) >= 11 is 1.77. The molecule has 0 amide bonds.